The van der Waals surface area contributed by atoms with Crippen LogP contribution in [-0.4, -0.2) is 17.5 Å². The third-order valence-electron chi connectivity index (χ3n) is 11.5. The SMILES string of the molecule is C=C(CC[C@@H](C)[C@H]1CC[C@@]2(C=O)C3=C(CC[C@]12C)[C@@]1(C)CC[C@H](O)[C@@H](C)[C@@H]1CC3)C(C)C. The lowest BCUT2D eigenvalue weighted by molar-refractivity contribution is -0.123. The summed E-state index contributed by atoms with van der Waals surface area (Å²) in [6.45, 7) is 18.5. The molecule has 4 rings (SSSR count). The molecule has 0 spiro atoms. The van der Waals surface area contributed by atoms with Crippen molar-refractivity contribution in [2.45, 2.75) is 112 Å². The third kappa shape index (κ3) is 3.33. The first-order valence-corrected chi connectivity index (χ1v) is 13.6. The Hall–Kier alpha value is -0.890. The molecular weight excluding hydrogens is 392 g/mol. The number of aliphatic hydroxyl groups excluding tert-OH is 1. The minimum Gasteiger partial charge on any atom is -0.393 e. The van der Waals surface area contributed by atoms with Crippen molar-refractivity contribution in [2.75, 3.05) is 0 Å². The highest BCUT2D eigenvalue weighted by Crippen LogP contribution is 2.71. The van der Waals surface area contributed by atoms with Crippen LogP contribution in [0.2, 0.25) is 0 Å². The van der Waals surface area contributed by atoms with Crippen LogP contribution in [0.4, 0.5) is 0 Å². The molecule has 0 aliphatic heterocycles. The minimum absolute atomic E-state index is 0.0924. The molecular formula is C30H48O2. The zero-order valence-corrected chi connectivity index (χ0v) is 21.7. The van der Waals surface area contributed by atoms with E-state index in [0.717, 1.165) is 44.9 Å². The van der Waals surface area contributed by atoms with E-state index in [-0.39, 0.29) is 22.3 Å². The minimum atomic E-state index is -0.248. The zero-order valence-electron chi connectivity index (χ0n) is 21.7. The molecule has 0 heterocycles. The summed E-state index contributed by atoms with van der Waals surface area (Å²) in [6, 6.07) is 0. The average Bonchev–Trinajstić information content (AvgIpc) is 3.08. The number of aldehydes is 1. The summed E-state index contributed by atoms with van der Waals surface area (Å²) in [4.78, 5) is 13.0. The molecule has 2 fully saturated rings. The Morgan fingerprint density at radius 1 is 1.09 bits per heavy atom. The summed E-state index contributed by atoms with van der Waals surface area (Å²) in [6.07, 6.45) is 12.4. The van der Waals surface area contributed by atoms with Gasteiger partial charge in [0.25, 0.3) is 0 Å². The lowest BCUT2D eigenvalue weighted by atomic mass is 9.45. The van der Waals surface area contributed by atoms with E-state index >= 15 is 0 Å². The van der Waals surface area contributed by atoms with Crippen LogP contribution in [0.3, 0.4) is 0 Å². The fourth-order valence-electron chi connectivity index (χ4n) is 9.11. The molecule has 2 saturated carbocycles. The highest BCUT2D eigenvalue weighted by Gasteiger charge is 2.64. The first-order chi connectivity index (χ1) is 15.0. The van der Waals surface area contributed by atoms with Crippen LogP contribution < -0.4 is 0 Å². The molecule has 32 heavy (non-hydrogen) atoms. The van der Waals surface area contributed by atoms with E-state index in [2.05, 4.69) is 48.1 Å². The smallest absolute Gasteiger partial charge is 0.130 e. The number of allylic oxidation sites excluding steroid dienone is 3. The Labute approximate surface area is 197 Å². The van der Waals surface area contributed by atoms with E-state index in [1.807, 2.05) is 0 Å². The van der Waals surface area contributed by atoms with Crippen molar-refractivity contribution in [1.82, 2.24) is 0 Å². The van der Waals surface area contributed by atoms with Gasteiger partial charge in [-0.1, -0.05) is 64.8 Å². The van der Waals surface area contributed by atoms with E-state index in [4.69, 9.17) is 0 Å². The van der Waals surface area contributed by atoms with Crippen LogP contribution in [0.15, 0.2) is 23.3 Å². The molecule has 8 atom stereocenters. The molecule has 0 unspecified atom stereocenters. The van der Waals surface area contributed by atoms with Gasteiger partial charge >= 0.3 is 0 Å². The second kappa shape index (κ2) is 8.40. The van der Waals surface area contributed by atoms with Crippen molar-refractivity contribution in [2.24, 2.45) is 45.8 Å². The summed E-state index contributed by atoms with van der Waals surface area (Å²) >= 11 is 0. The molecule has 2 nitrogen and oxygen atoms in total. The number of hydrogen-bond donors (Lipinski definition) is 1. The Bertz CT molecular complexity index is 793. The molecule has 4 aliphatic carbocycles. The van der Waals surface area contributed by atoms with Gasteiger partial charge in [0.2, 0.25) is 0 Å². The maximum atomic E-state index is 13.0. The quantitative estimate of drug-likeness (QED) is 0.343. The number of carbonyl (C=O) groups is 1. The summed E-state index contributed by atoms with van der Waals surface area (Å²) in [5.41, 5.74) is 4.58. The molecule has 1 N–H and O–H groups in total. The monoisotopic (exact) mass is 440 g/mol. The van der Waals surface area contributed by atoms with E-state index in [0.29, 0.717) is 29.6 Å². The van der Waals surface area contributed by atoms with Gasteiger partial charge in [0.15, 0.2) is 0 Å². The molecule has 180 valence electrons. The summed E-state index contributed by atoms with van der Waals surface area (Å²) in [7, 11) is 0. The van der Waals surface area contributed by atoms with Crippen LogP contribution >= 0.6 is 0 Å². The standard InChI is InChI=1S/C30H48O2/c1-19(2)20(3)8-9-21(4)23-13-17-30(18-31)26-11-10-24-22(5)27(32)14-15-28(24,6)25(26)12-16-29(23,30)7/h18-19,21-24,27,32H,3,8-17H2,1-2,4-7H3/t21-,22+,23-,24+,27+,28+,29-,30-/m1/s1. The summed E-state index contributed by atoms with van der Waals surface area (Å²) in [5.74, 6) is 2.76. The molecule has 0 aromatic carbocycles. The van der Waals surface area contributed by atoms with Crippen molar-refractivity contribution >= 4 is 6.29 Å². The van der Waals surface area contributed by atoms with Gasteiger partial charge in [-0.05, 0) is 105 Å². The van der Waals surface area contributed by atoms with Gasteiger partial charge in [-0.2, -0.15) is 0 Å². The third-order valence-corrected chi connectivity index (χ3v) is 11.5. The molecule has 0 saturated heterocycles. The van der Waals surface area contributed by atoms with Gasteiger partial charge in [-0.15, -0.1) is 0 Å². The van der Waals surface area contributed by atoms with Crippen molar-refractivity contribution in [1.29, 1.82) is 0 Å². The van der Waals surface area contributed by atoms with E-state index in [1.54, 1.807) is 11.1 Å². The summed E-state index contributed by atoms with van der Waals surface area (Å²) in [5, 5.41) is 10.6. The maximum absolute atomic E-state index is 13.0. The van der Waals surface area contributed by atoms with Gasteiger partial charge in [-0.3, -0.25) is 0 Å². The van der Waals surface area contributed by atoms with Gasteiger partial charge < -0.3 is 9.90 Å². The Morgan fingerprint density at radius 3 is 2.47 bits per heavy atom. The van der Waals surface area contributed by atoms with Gasteiger partial charge in [0.05, 0.1) is 11.5 Å². The van der Waals surface area contributed by atoms with Crippen LogP contribution in [-0.2, 0) is 4.79 Å². The van der Waals surface area contributed by atoms with E-state index < -0.39 is 0 Å². The zero-order chi connectivity index (χ0) is 23.5. The first kappa shape index (κ1) is 24.2. The molecule has 4 aliphatic rings. The summed E-state index contributed by atoms with van der Waals surface area (Å²) < 4.78 is 0. The molecule has 0 radical (unpaired) electrons. The molecule has 0 aromatic rings. The Morgan fingerprint density at radius 2 is 1.81 bits per heavy atom. The predicted octanol–water partition coefficient (Wildman–Crippen LogP) is 7.51. The number of aliphatic hydroxyl groups is 1. The van der Waals surface area contributed by atoms with Crippen molar-refractivity contribution in [3.63, 3.8) is 0 Å². The van der Waals surface area contributed by atoms with Crippen LogP contribution in [0.25, 0.3) is 0 Å². The largest absolute Gasteiger partial charge is 0.393 e. The highest BCUT2D eigenvalue weighted by atomic mass is 16.3. The highest BCUT2D eigenvalue weighted by molar-refractivity contribution is 5.70. The lowest BCUT2D eigenvalue weighted by Crippen LogP contribution is -2.53. The van der Waals surface area contributed by atoms with E-state index in [1.165, 1.54) is 31.1 Å². The van der Waals surface area contributed by atoms with Crippen LogP contribution in [0, 0.1) is 45.8 Å². The van der Waals surface area contributed by atoms with E-state index in [9.17, 15) is 9.90 Å². The molecule has 0 amide bonds. The predicted molar refractivity (Wildman–Crippen MR) is 133 cm³/mol. The van der Waals surface area contributed by atoms with Crippen molar-refractivity contribution < 1.29 is 9.90 Å². The molecule has 2 heteroatoms. The number of hydrogen-bond acceptors (Lipinski definition) is 2. The number of rotatable bonds is 6. The average molecular weight is 441 g/mol. The fraction of sp³-hybridized carbons (Fsp3) is 0.833. The second-order valence-corrected chi connectivity index (χ2v) is 13.0. The Balaban J connectivity index is 1.65. The van der Waals surface area contributed by atoms with Crippen molar-refractivity contribution in [3.05, 3.63) is 23.3 Å². The lowest BCUT2D eigenvalue weighted by Gasteiger charge is -2.59. The van der Waals surface area contributed by atoms with Gasteiger partial charge in [0.1, 0.15) is 6.29 Å². The van der Waals surface area contributed by atoms with Gasteiger partial charge in [-0.25, -0.2) is 0 Å². The molecule has 0 bridgehead atoms. The van der Waals surface area contributed by atoms with Gasteiger partial charge in [0, 0.05) is 0 Å². The number of carbonyl (C=O) groups excluding carboxylic acids is 1. The maximum Gasteiger partial charge on any atom is 0.130 e. The van der Waals surface area contributed by atoms with Crippen LogP contribution in [0.1, 0.15) is 106 Å². The topological polar surface area (TPSA) is 37.3 Å². The number of fused-ring (bicyclic) bond motifs is 4. The Kier molecular flexibility index (Phi) is 6.36. The van der Waals surface area contributed by atoms with Crippen LogP contribution in [0.5, 0.6) is 0 Å². The normalized spacial score (nSPS) is 44.6. The molecule has 0 aromatic heterocycles. The fourth-order valence-corrected chi connectivity index (χ4v) is 9.11. The second-order valence-electron chi connectivity index (χ2n) is 13.0. The first-order valence-electron chi connectivity index (χ1n) is 13.6. The van der Waals surface area contributed by atoms with Crippen molar-refractivity contribution in [3.8, 4) is 0 Å².